The molecular formula is C17H25Cl2NO. The zero-order chi connectivity index (χ0) is 15.3. The molecule has 1 atom stereocenters. The summed E-state index contributed by atoms with van der Waals surface area (Å²) in [6.45, 7) is 2.84. The molecule has 1 aliphatic rings. The number of rotatable bonds is 6. The van der Waals surface area contributed by atoms with Crippen molar-refractivity contribution in [1.82, 2.24) is 5.32 Å². The standard InChI is InChI=1S/C17H25Cl2NO/c1-3-21-17(9-5-4-6-10-17)16(20-2)11-13-7-8-14(18)12-15(13)19/h7-8,12,16,20H,3-6,9-11H2,1-2H3. The SMILES string of the molecule is CCOC1(C(Cc2ccc(Cl)cc2Cl)NC)CCCCC1. The highest BCUT2D eigenvalue weighted by Gasteiger charge is 2.40. The summed E-state index contributed by atoms with van der Waals surface area (Å²) in [4.78, 5) is 0. The number of benzene rings is 1. The summed E-state index contributed by atoms with van der Waals surface area (Å²) in [5.74, 6) is 0. The molecule has 118 valence electrons. The number of hydrogen-bond acceptors (Lipinski definition) is 2. The van der Waals surface area contributed by atoms with Crippen molar-refractivity contribution >= 4 is 23.2 Å². The summed E-state index contributed by atoms with van der Waals surface area (Å²) in [5, 5.41) is 4.89. The maximum atomic E-state index is 6.34. The highest BCUT2D eigenvalue weighted by molar-refractivity contribution is 6.35. The van der Waals surface area contributed by atoms with Crippen LogP contribution >= 0.6 is 23.2 Å². The molecule has 0 aromatic heterocycles. The minimum Gasteiger partial charge on any atom is -0.374 e. The van der Waals surface area contributed by atoms with E-state index >= 15 is 0 Å². The monoisotopic (exact) mass is 329 g/mol. The first kappa shape index (κ1) is 17.1. The van der Waals surface area contributed by atoms with Crippen LogP contribution in [0.15, 0.2) is 18.2 Å². The number of ether oxygens (including phenoxy) is 1. The minimum absolute atomic E-state index is 0.0648. The lowest BCUT2D eigenvalue weighted by molar-refractivity contribution is -0.0883. The normalized spacial score (nSPS) is 19.4. The molecule has 1 aromatic rings. The van der Waals surface area contributed by atoms with Gasteiger partial charge in [0.2, 0.25) is 0 Å². The van der Waals surface area contributed by atoms with Gasteiger partial charge in [-0.3, -0.25) is 0 Å². The van der Waals surface area contributed by atoms with E-state index in [9.17, 15) is 0 Å². The molecule has 0 spiro atoms. The van der Waals surface area contributed by atoms with Gasteiger partial charge in [-0.05, 0) is 50.9 Å². The maximum Gasteiger partial charge on any atom is 0.0837 e. The predicted molar refractivity (Wildman–Crippen MR) is 90.5 cm³/mol. The first-order valence-electron chi connectivity index (χ1n) is 7.86. The van der Waals surface area contributed by atoms with Crippen LogP contribution in [0.5, 0.6) is 0 Å². The van der Waals surface area contributed by atoms with Crippen molar-refractivity contribution < 1.29 is 4.74 Å². The first-order chi connectivity index (χ1) is 10.1. The number of likely N-dealkylation sites (N-methyl/N-ethyl adjacent to an activating group) is 1. The molecule has 0 bridgehead atoms. The van der Waals surface area contributed by atoms with Gasteiger partial charge in [-0.2, -0.15) is 0 Å². The molecule has 1 unspecified atom stereocenters. The molecule has 21 heavy (non-hydrogen) atoms. The second-order valence-electron chi connectivity index (χ2n) is 5.84. The van der Waals surface area contributed by atoms with Gasteiger partial charge in [0, 0.05) is 22.7 Å². The summed E-state index contributed by atoms with van der Waals surface area (Å²) in [5.41, 5.74) is 1.06. The maximum absolute atomic E-state index is 6.34. The van der Waals surface area contributed by atoms with E-state index in [0.29, 0.717) is 5.02 Å². The molecule has 0 saturated heterocycles. The molecule has 1 fully saturated rings. The number of nitrogens with one attached hydrogen (secondary N) is 1. The number of hydrogen-bond donors (Lipinski definition) is 1. The lowest BCUT2D eigenvalue weighted by Crippen LogP contribution is -2.53. The molecule has 1 N–H and O–H groups in total. The fourth-order valence-electron chi connectivity index (χ4n) is 3.49. The quantitative estimate of drug-likeness (QED) is 0.804. The average Bonchev–Trinajstić information content (AvgIpc) is 2.47. The number of halogens is 2. The van der Waals surface area contributed by atoms with E-state index in [1.165, 1.54) is 19.3 Å². The van der Waals surface area contributed by atoms with Crippen LogP contribution in [0.3, 0.4) is 0 Å². The average molecular weight is 330 g/mol. The van der Waals surface area contributed by atoms with Crippen LogP contribution in [-0.2, 0) is 11.2 Å². The molecular weight excluding hydrogens is 305 g/mol. The van der Waals surface area contributed by atoms with Gasteiger partial charge in [0.05, 0.1) is 5.60 Å². The highest BCUT2D eigenvalue weighted by Crippen LogP contribution is 2.36. The van der Waals surface area contributed by atoms with Crippen LogP contribution < -0.4 is 5.32 Å². The third kappa shape index (κ3) is 4.13. The van der Waals surface area contributed by atoms with Crippen molar-refractivity contribution in [3.8, 4) is 0 Å². The van der Waals surface area contributed by atoms with E-state index < -0.39 is 0 Å². The van der Waals surface area contributed by atoms with E-state index in [4.69, 9.17) is 27.9 Å². The molecule has 1 aromatic carbocycles. The Kier molecular flexibility index (Phi) is 6.36. The van der Waals surface area contributed by atoms with E-state index in [1.807, 2.05) is 25.2 Å². The summed E-state index contributed by atoms with van der Waals surface area (Å²) < 4.78 is 6.23. The van der Waals surface area contributed by atoms with Gasteiger partial charge in [-0.25, -0.2) is 0 Å². The molecule has 0 heterocycles. The Morgan fingerprint density at radius 1 is 1.24 bits per heavy atom. The first-order valence-corrected chi connectivity index (χ1v) is 8.62. The Hall–Kier alpha value is -0.280. The molecule has 1 saturated carbocycles. The Morgan fingerprint density at radius 3 is 2.52 bits per heavy atom. The summed E-state index contributed by atoms with van der Waals surface area (Å²) in [6, 6.07) is 6.03. The van der Waals surface area contributed by atoms with Crippen LogP contribution in [-0.4, -0.2) is 25.3 Å². The predicted octanol–water partition coefficient (Wildman–Crippen LogP) is 4.86. The van der Waals surface area contributed by atoms with Gasteiger partial charge in [0.25, 0.3) is 0 Å². The third-order valence-corrected chi connectivity index (χ3v) is 5.14. The molecule has 2 rings (SSSR count). The van der Waals surface area contributed by atoms with E-state index in [0.717, 1.165) is 36.5 Å². The zero-order valence-corrected chi connectivity index (χ0v) is 14.4. The van der Waals surface area contributed by atoms with E-state index in [1.54, 1.807) is 0 Å². The van der Waals surface area contributed by atoms with Crippen molar-refractivity contribution in [2.45, 2.75) is 57.1 Å². The second kappa shape index (κ2) is 7.82. The Bertz CT molecular complexity index is 453. The Balaban J connectivity index is 2.20. The van der Waals surface area contributed by atoms with Crippen molar-refractivity contribution in [2.24, 2.45) is 0 Å². The topological polar surface area (TPSA) is 21.3 Å². The van der Waals surface area contributed by atoms with Gasteiger partial charge in [-0.15, -0.1) is 0 Å². The van der Waals surface area contributed by atoms with Crippen LogP contribution in [0.25, 0.3) is 0 Å². The summed E-state index contributed by atoms with van der Waals surface area (Å²) in [6.07, 6.45) is 6.91. The van der Waals surface area contributed by atoms with Crippen LogP contribution in [0, 0.1) is 0 Å². The van der Waals surface area contributed by atoms with Crippen molar-refractivity contribution in [1.29, 1.82) is 0 Å². The fourth-order valence-corrected chi connectivity index (χ4v) is 3.97. The Morgan fingerprint density at radius 2 is 1.95 bits per heavy atom. The van der Waals surface area contributed by atoms with Crippen LogP contribution in [0.1, 0.15) is 44.6 Å². The molecule has 0 amide bonds. The van der Waals surface area contributed by atoms with Crippen LogP contribution in [0.2, 0.25) is 10.0 Å². The fraction of sp³-hybridized carbons (Fsp3) is 0.647. The van der Waals surface area contributed by atoms with Gasteiger partial charge >= 0.3 is 0 Å². The molecule has 2 nitrogen and oxygen atoms in total. The van der Waals surface area contributed by atoms with Crippen molar-refractivity contribution in [3.63, 3.8) is 0 Å². The van der Waals surface area contributed by atoms with Gasteiger partial charge in [0.1, 0.15) is 0 Å². The second-order valence-corrected chi connectivity index (χ2v) is 6.68. The summed E-state index contributed by atoms with van der Waals surface area (Å²) in [7, 11) is 2.02. The lowest BCUT2D eigenvalue weighted by Gasteiger charge is -2.43. The van der Waals surface area contributed by atoms with Crippen molar-refractivity contribution in [2.75, 3.05) is 13.7 Å². The summed E-state index contributed by atoms with van der Waals surface area (Å²) >= 11 is 12.3. The minimum atomic E-state index is -0.0648. The Labute approximate surface area is 138 Å². The van der Waals surface area contributed by atoms with Gasteiger partial charge in [-0.1, -0.05) is 48.5 Å². The molecule has 4 heteroatoms. The lowest BCUT2D eigenvalue weighted by atomic mass is 9.77. The van der Waals surface area contributed by atoms with E-state index in [2.05, 4.69) is 12.2 Å². The van der Waals surface area contributed by atoms with Crippen LogP contribution in [0.4, 0.5) is 0 Å². The third-order valence-electron chi connectivity index (χ3n) is 4.55. The largest absolute Gasteiger partial charge is 0.374 e. The smallest absolute Gasteiger partial charge is 0.0837 e. The molecule has 1 aliphatic carbocycles. The highest BCUT2D eigenvalue weighted by atomic mass is 35.5. The molecule has 0 radical (unpaired) electrons. The zero-order valence-electron chi connectivity index (χ0n) is 12.9. The van der Waals surface area contributed by atoms with Gasteiger partial charge in [0.15, 0.2) is 0 Å². The van der Waals surface area contributed by atoms with E-state index in [-0.39, 0.29) is 11.6 Å². The van der Waals surface area contributed by atoms with Crippen molar-refractivity contribution in [3.05, 3.63) is 33.8 Å². The molecule has 0 aliphatic heterocycles. The van der Waals surface area contributed by atoms with Gasteiger partial charge < -0.3 is 10.1 Å².